The number of aryl methyl sites for hydroxylation is 1. The van der Waals surface area contributed by atoms with Gasteiger partial charge in [0.2, 0.25) is 0 Å². The Morgan fingerprint density at radius 3 is 2.59 bits per heavy atom. The van der Waals surface area contributed by atoms with Gasteiger partial charge in [-0.3, -0.25) is 0 Å². The third-order valence-electron chi connectivity index (χ3n) is 2.17. The minimum atomic E-state index is 0.181. The second-order valence-corrected chi connectivity index (χ2v) is 4.67. The van der Waals surface area contributed by atoms with Gasteiger partial charge in [0.1, 0.15) is 22.6 Å². The lowest BCUT2D eigenvalue weighted by molar-refractivity contribution is 0.360. The number of ether oxygens (including phenoxy) is 2. The van der Waals surface area contributed by atoms with Crippen molar-refractivity contribution in [1.29, 1.82) is 0 Å². The van der Waals surface area contributed by atoms with Crippen LogP contribution in [0, 0.1) is 0 Å². The van der Waals surface area contributed by atoms with E-state index >= 15 is 0 Å². The topological polar surface area (TPSA) is 18.5 Å². The second-order valence-electron chi connectivity index (χ2n) is 3.26. The highest BCUT2D eigenvalue weighted by Crippen LogP contribution is 2.33. The maximum absolute atomic E-state index is 6.08. The molecule has 0 unspecified atom stereocenters. The Morgan fingerprint density at radius 2 is 2.06 bits per heavy atom. The lowest BCUT2D eigenvalue weighted by Gasteiger charge is -2.11. The van der Waals surface area contributed by atoms with E-state index in [0.717, 1.165) is 12.0 Å². The van der Waals surface area contributed by atoms with Gasteiger partial charge in [0.05, 0.1) is 12.1 Å². The SMILES string of the molecule is CCc1cc(OCC=C(Cl)Cl)cc(Cl)c1OC. The Hall–Kier alpha value is -0.570. The zero-order chi connectivity index (χ0) is 12.8. The monoisotopic (exact) mass is 294 g/mol. The van der Waals surface area contributed by atoms with Crippen molar-refractivity contribution in [1.82, 2.24) is 0 Å². The van der Waals surface area contributed by atoms with Crippen molar-refractivity contribution < 1.29 is 9.47 Å². The smallest absolute Gasteiger partial charge is 0.140 e. The van der Waals surface area contributed by atoms with Crippen molar-refractivity contribution in [3.05, 3.63) is 33.3 Å². The minimum absolute atomic E-state index is 0.181. The molecule has 17 heavy (non-hydrogen) atoms. The standard InChI is InChI=1S/C12H13Cl3O2/c1-3-8-6-9(17-5-4-11(14)15)7-10(13)12(8)16-2/h4,6-7H,3,5H2,1-2H3. The minimum Gasteiger partial charge on any atom is -0.495 e. The number of rotatable bonds is 5. The van der Waals surface area contributed by atoms with E-state index in [2.05, 4.69) is 0 Å². The zero-order valence-corrected chi connectivity index (χ0v) is 11.9. The molecule has 0 bridgehead atoms. The fourth-order valence-corrected chi connectivity index (χ4v) is 1.83. The van der Waals surface area contributed by atoms with Crippen molar-refractivity contribution in [3.8, 4) is 11.5 Å². The van der Waals surface area contributed by atoms with Crippen LogP contribution < -0.4 is 9.47 Å². The van der Waals surface area contributed by atoms with Crippen molar-refractivity contribution in [2.75, 3.05) is 13.7 Å². The second kappa shape index (κ2) is 7.00. The molecule has 1 aromatic rings. The average Bonchev–Trinajstić information content (AvgIpc) is 2.27. The predicted octanol–water partition coefficient (Wildman–Crippen LogP) is 4.61. The molecule has 0 atom stereocenters. The highest BCUT2D eigenvalue weighted by atomic mass is 35.5. The van der Waals surface area contributed by atoms with Gasteiger partial charge in [-0.15, -0.1) is 0 Å². The normalized spacial score (nSPS) is 9.94. The van der Waals surface area contributed by atoms with Crippen LogP contribution in [-0.4, -0.2) is 13.7 Å². The number of methoxy groups -OCH3 is 1. The first-order valence-electron chi connectivity index (χ1n) is 5.08. The summed E-state index contributed by atoms with van der Waals surface area (Å²) in [5.41, 5.74) is 0.996. The first kappa shape index (κ1) is 14.5. The molecule has 1 aromatic carbocycles. The lowest BCUT2D eigenvalue weighted by Crippen LogP contribution is -1.97. The molecule has 0 radical (unpaired) electrons. The molecular weight excluding hydrogens is 282 g/mol. The fourth-order valence-electron chi connectivity index (χ4n) is 1.40. The largest absolute Gasteiger partial charge is 0.495 e. The van der Waals surface area contributed by atoms with E-state index in [-0.39, 0.29) is 4.49 Å². The molecule has 0 spiro atoms. The molecule has 0 heterocycles. The summed E-state index contributed by atoms with van der Waals surface area (Å²) in [6, 6.07) is 3.59. The van der Waals surface area contributed by atoms with Crippen LogP contribution in [0.1, 0.15) is 12.5 Å². The predicted molar refractivity (Wildman–Crippen MR) is 72.7 cm³/mol. The van der Waals surface area contributed by atoms with Crippen molar-refractivity contribution in [3.63, 3.8) is 0 Å². The summed E-state index contributed by atoms with van der Waals surface area (Å²) in [6.07, 6.45) is 2.37. The van der Waals surface area contributed by atoms with E-state index in [0.29, 0.717) is 23.1 Å². The van der Waals surface area contributed by atoms with E-state index < -0.39 is 0 Å². The van der Waals surface area contributed by atoms with Gasteiger partial charge in [0.25, 0.3) is 0 Å². The third-order valence-corrected chi connectivity index (χ3v) is 2.76. The number of hydrogen-bond acceptors (Lipinski definition) is 2. The Labute approximate surface area is 116 Å². The summed E-state index contributed by atoms with van der Waals surface area (Å²) in [6.45, 7) is 2.32. The fraction of sp³-hybridized carbons (Fsp3) is 0.333. The number of halogens is 3. The zero-order valence-electron chi connectivity index (χ0n) is 9.60. The summed E-state index contributed by atoms with van der Waals surface area (Å²) < 4.78 is 10.9. The summed E-state index contributed by atoms with van der Waals surface area (Å²) in [5, 5.41) is 0.530. The first-order chi connectivity index (χ1) is 8.08. The van der Waals surface area contributed by atoms with Gasteiger partial charge in [-0.25, -0.2) is 0 Å². The van der Waals surface area contributed by atoms with Gasteiger partial charge >= 0.3 is 0 Å². The Balaban J connectivity index is 2.88. The molecule has 2 nitrogen and oxygen atoms in total. The van der Waals surface area contributed by atoms with Crippen LogP contribution in [0.2, 0.25) is 5.02 Å². The van der Waals surface area contributed by atoms with Crippen LogP contribution in [0.25, 0.3) is 0 Å². The lowest BCUT2D eigenvalue weighted by atomic mass is 10.1. The maximum atomic E-state index is 6.08. The van der Waals surface area contributed by atoms with E-state index in [4.69, 9.17) is 44.3 Å². The highest BCUT2D eigenvalue weighted by molar-refractivity contribution is 6.55. The van der Waals surface area contributed by atoms with Crippen molar-refractivity contribution in [2.45, 2.75) is 13.3 Å². The molecule has 0 aliphatic carbocycles. The number of hydrogen-bond donors (Lipinski definition) is 0. The van der Waals surface area contributed by atoms with Crippen LogP contribution in [-0.2, 0) is 6.42 Å². The highest BCUT2D eigenvalue weighted by Gasteiger charge is 2.09. The molecule has 0 aliphatic heterocycles. The average molecular weight is 296 g/mol. The summed E-state index contributed by atoms with van der Waals surface area (Å²) >= 11 is 17.0. The van der Waals surface area contributed by atoms with Gasteiger partial charge in [-0.05, 0) is 24.1 Å². The Kier molecular flexibility index (Phi) is 5.96. The van der Waals surface area contributed by atoms with Crippen LogP contribution in [0.5, 0.6) is 11.5 Å². The molecule has 0 amide bonds. The van der Waals surface area contributed by atoms with E-state index in [1.807, 2.05) is 13.0 Å². The van der Waals surface area contributed by atoms with E-state index in [9.17, 15) is 0 Å². The molecule has 0 N–H and O–H groups in total. The maximum Gasteiger partial charge on any atom is 0.140 e. The van der Waals surface area contributed by atoms with Gasteiger partial charge in [-0.1, -0.05) is 41.7 Å². The molecule has 0 aliphatic rings. The van der Waals surface area contributed by atoms with Crippen molar-refractivity contribution in [2.24, 2.45) is 0 Å². The molecule has 0 saturated carbocycles. The summed E-state index contributed by atoms with van der Waals surface area (Å²) in [4.78, 5) is 0. The van der Waals surface area contributed by atoms with Crippen LogP contribution >= 0.6 is 34.8 Å². The van der Waals surface area contributed by atoms with Gasteiger partial charge < -0.3 is 9.47 Å². The summed E-state index contributed by atoms with van der Waals surface area (Å²) in [5.74, 6) is 1.35. The molecule has 1 rings (SSSR count). The molecule has 0 fully saturated rings. The molecule has 5 heteroatoms. The van der Waals surface area contributed by atoms with Crippen LogP contribution in [0.4, 0.5) is 0 Å². The quantitative estimate of drug-likeness (QED) is 0.790. The van der Waals surface area contributed by atoms with E-state index in [1.165, 1.54) is 0 Å². The number of benzene rings is 1. The molecular formula is C12H13Cl3O2. The summed E-state index contributed by atoms with van der Waals surface area (Å²) in [7, 11) is 1.59. The Morgan fingerprint density at radius 1 is 1.35 bits per heavy atom. The van der Waals surface area contributed by atoms with Crippen LogP contribution in [0.15, 0.2) is 22.7 Å². The van der Waals surface area contributed by atoms with Gasteiger partial charge in [0.15, 0.2) is 0 Å². The van der Waals surface area contributed by atoms with Gasteiger partial charge in [0, 0.05) is 6.07 Å². The van der Waals surface area contributed by atoms with Crippen LogP contribution in [0.3, 0.4) is 0 Å². The third kappa shape index (κ3) is 4.30. The van der Waals surface area contributed by atoms with Gasteiger partial charge in [-0.2, -0.15) is 0 Å². The molecule has 94 valence electrons. The molecule has 0 saturated heterocycles. The molecule has 0 aromatic heterocycles. The van der Waals surface area contributed by atoms with E-state index in [1.54, 1.807) is 19.3 Å². The first-order valence-corrected chi connectivity index (χ1v) is 6.22. The van der Waals surface area contributed by atoms with Crippen molar-refractivity contribution >= 4 is 34.8 Å². The Bertz CT molecular complexity index is 412.